The van der Waals surface area contributed by atoms with Crippen molar-refractivity contribution in [3.05, 3.63) is 143 Å². The SMILES string of the molecule is O=C(N/N=C\c1cccc([N+](=O)[O-])c1)c1ccc(-n2c(-c3ccccc3)ccc2-c2ccccc2)cc1. The minimum atomic E-state index is -0.478. The highest BCUT2D eigenvalue weighted by Gasteiger charge is 2.14. The van der Waals surface area contributed by atoms with Crippen molar-refractivity contribution in [1.29, 1.82) is 0 Å². The van der Waals surface area contributed by atoms with Crippen LogP contribution in [0.25, 0.3) is 28.2 Å². The van der Waals surface area contributed by atoms with Gasteiger partial charge in [0.1, 0.15) is 0 Å². The number of hydrazone groups is 1. The molecule has 0 aliphatic heterocycles. The number of nitrogens with one attached hydrogen (secondary N) is 1. The third-order valence-corrected chi connectivity index (χ3v) is 5.87. The van der Waals surface area contributed by atoms with E-state index in [4.69, 9.17) is 0 Å². The molecule has 0 saturated carbocycles. The number of aromatic nitrogens is 1. The predicted octanol–water partition coefficient (Wildman–Crippen LogP) is 6.48. The molecule has 0 unspecified atom stereocenters. The Morgan fingerprint density at radius 1 is 0.757 bits per heavy atom. The highest BCUT2D eigenvalue weighted by molar-refractivity contribution is 5.95. The van der Waals surface area contributed by atoms with Crippen molar-refractivity contribution in [3.63, 3.8) is 0 Å². The zero-order valence-electron chi connectivity index (χ0n) is 19.7. The lowest BCUT2D eigenvalue weighted by atomic mass is 10.1. The largest absolute Gasteiger partial charge is 0.309 e. The van der Waals surface area contributed by atoms with Crippen molar-refractivity contribution < 1.29 is 9.72 Å². The van der Waals surface area contributed by atoms with Gasteiger partial charge in [0.05, 0.1) is 22.5 Å². The molecule has 5 rings (SSSR count). The first-order valence-corrected chi connectivity index (χ1v) is 11.6. The summed E-state index contributed by atoms with van der Waals surface area (Å²) in [6, 6.07) is 37.8. The Morgan fingerprint density at radius 3 is 1.92 bits per heavy atom. The fraction of sp³-hybridized carbons (Fsp3) is 0. The van der Waals surface area contributed by atoms with Crippen LogP contribution in [0.4, 0.5) is 5.69 Å². The Balaban J connectivity index is 1.40. The lowest BCUT2D eigenvalue weighted by Crippen LogP contribution is -2.17. The quantitative estimate of drug-likeness (QED) is 0.162. The van der Waals surface area contributed by atoms with E-state index in [9.17, 15) is 14.9 Å². The summed E-state index contributed by atoms with van der Waals surface area (Å²) in [4.78, 5) is 23.1. The van der Waals surface area contributed by atoms with Crippen LogP contribution >= 0.6 is 0 Å². The number of benzene rings is 4. The lowest BCUT2D eigenvalue weighted by molar-refractivity contribution is -0.384. The number of carbonyl (C=O) groups excluding carboxylic acids is 1. The predicted molar refractivity (Wildman–Crippen MR) is 145 cm³/mol. The average molecular weight is 487 g/mol. The number of rotatable bonds is 7. The third-order valence-electron chi connectivity index (χ3n) is 5.87. The molecule has 0 aliphatic carbocycles. The molecular formula is C30H22N4O3. The van der Waals surface area contributed by atoms with Gasteiger partial charge in [0.15, 0.2) is 0 Å². The molecule has 0 radical (unpaired) electrons. The second-order valence-electron chi connectivity index (χ2n) is 8.27. The van der Waals surface area contributed by atoms with Crippen LogP contribution < -0.4 is 5.43 Å². The molecule has 1 aromatic heterocycles. The second-order valence-corrected chi connectivity index (χ2v) is 8.27. The number of nitro groups is 1. The highest BCUT2D eigenvalue weighted by atomic mass is 16.6. The molecule has 0 aliphatic rings. The Bertz CT molecular complexity index is 1520. The molecule has 0 saturated heterocycles. The first-order chi connectivity index (χ1) is 18.1. The van der Waals surface area contributed by atoms with E-state index in [0.29, 0.717) is 11.1 Å². The van der Waals surface area contributed by atoms with Gasteiger partial charge in [-0.15, -0.1) is 0 Å². The van der Waals surface area contributed by atoms with E-state index in [1.54, 1.807) is 24.3 Å². The molecule has 0 spiro atoms. The molecule has 180 valence electrons. The van der Waals surface area contributed by atoms with Crippen molar-refractivity contribution in [1.82, 2.24) is 9.99 Å². The van der Waals surface area contributed by atoms with Crippen LogP contribution in [-0.4, -0.2) is 21.6 Å². The molecule has 0 atom stereocenters. The molecule has 4 aromatic carbocycles. The monoisotopic (exact) mass is 486 g/mol. The summed E-state index contributed by atoms with van der Waals surface area (Å²) in [5.41, 5.74) is 8.56. The van der Waals surface area contributed by atoms with Crippen LogP contribution in [0.1, 0.15) is 15.9 Å². The minimum absolute atomic E-state index is 0.0411. The topological polar surface area (TPSA) is 89.5 Å². The van der Waals surface area contributed by atoms with Crippen LogP contribution in [0.15, 0.2) is 126 Å². The molecule has 1 amide bonds. The van der Waals surface area contributed by atoms with Gasteiger partial charge in [-0.25, -0.2) is 5.43 Å². The van der Waals surface area contributed by atoms with E-state index >= 15 is 0 Å². The fourth-order valence-electron chi connectivity index (χ4n) is 4.09. The molecule has 0 fully saturated rings. The van der Waals surface area contributed by atoms with E-state index in [2.05, 4.69) is 51.5 Å². The Morgan fingerprint density at radius 2 is 1.35 bits per heavy atom. The summed E-state index contributed by atoms with van der Waals surface area (Å²) in [6.07, 6.45) is 1.37. The first-order valence-electron chi connectivity index (χ1n) is 11.6. The summed E-state index contributed by atoms with van der Waals surface area (Å²) in [5.74, 6) is -0.382. The highest BCUT2D eigenvalue weighted by Crippen LogP contribution is 2.32. The van der Waals surface area contributed by atoms with Crippen LogP contribution in [0.2, 0.25) is 0 Å². The molecule has 0 bridgehead atoms. The molecule has 7 nitrogen and oxygen atoms in total. The van der Waals surface area contributed by atoms with E-state index in [0.717, 1.165) is 28.2 Å². The Labute approximate surface area is 213 Å². The molecule has 1 N–H and O–H groups in total. The van der Waals surface area contributed by atoms with Gasteiger partial charge >= 0.3 is 0 Å². The van der Waals surface area contributed by atoms with Crippen LogP contribution in [0.3, 0.4) is 0 Å². The van der Waals surface area contributed by atoms with Crippen LogP contribution in [0.5, 0.6) is 0 Å². The normalized spacial score (nSPS) is 10.9. The van der Waals surface area contributed by atoms with Gasteiger partial charge in [-0.2, -0.15) is 5.10 Å². The Hall–Kier alpha value is -5.30. The number of nitrogens with zero attached hydrogens (tertiary/aromatic N) is 3. The van der Waals surface area contributed by atoms with Crippen molar-refractivity contribution in [2.45, 2.75) is 0 Å². The fourth-order valence-corrected chi connectivity index (χ4v) is 4.09. The van der Waals surface area contributed by atoms with Gasteiger partial charge in [0.2, 0.25) is 0 Å². The van der Waals surface area contributed by atoms with E-state index in [-0.39, 0.29) is 11.6 Å². The van der Waals surface area contributed by atoms with E-state index < -0.39 is 4.92 Å². The van der Waals surface area contributed by atoms with Gasteiger partial charge in [-0.3, -0.25) is 14.9 Å². The summed E-state index contributed by atoms with van der Waals surface area (Å²) in [5, 5.41) is 14.9. The second kappa shape index (κ2) is 10.5. The van der Waals surface area contributed by atoms with Crippen molar-refractivity contribution in [2.24, 2.45) is 5.10 Å². The van der Waals surface area contributed by atoms with Crippen LogP contribution in [0, 0.1) is 10.1 Å². The van der Waals surface area contributed by atoms with Gasteiger partial charge in [0.25, 0.3) is 11.6 Å². The average Bonchev–Trinajstić information content (AvgIpc) is 3.39. The third kappa shape index (κ3) is 5.21. The standard InChI is InChI=1S/C30H22N4O3/c35-30(32-31-21-22-8-7-13-27(20-22)34(36)37)25-14-16-26(17-15-25)33-28(23-9-3-1-4-10-23)18-19-29(33)24-11-5-2-6-12-24/h1-21H,(H,32,35)/b31-21-. The summed E-state index contributed by atoms with van der Waals surface area (Å²) in [7, 11) is 0. The van der Waals surface area contributed by atoms with E-state index in [1.807, 2.05) is 48.5 Å². The van der Waals surface area contributed by atoms with Crippen molar-refractivity contribution >= 4 is 17.8 Å². The number of non-ortho nitro benzene ring substituents is 1. The van der Waals surface area contributed by atoms with Gasteiger partial charge in [-0.1, -0.05) is 72.8 Å². The lowest BCUT2D eigenvalue weighted by Gasteiger charge is -2.15. The zero-order valence-corrected chi connectivity index (χ0v) is 19.7. The van der Waals surface area contributed by atoms with Gasteiger partial charge in [-0.05, 0) is 47.5 Å². The number of amides is 1. The number of carbonyl (C=O) groups is 1. The number of nitro benzene ring substituents is 1. The van der Waals surface area contributed by atoms with Crippen molar-refractivity contribution in [2.75, 3.05) is 0 Å². The maximum Gasteiger partial charge on any atom is 0.271 e. The maximum absolute atomic E-state index is 12.6. The zero-order chi connectivity index (χ0) is 25.6. The molecule has 5 aromatic rings. The van der Waals surface area contributed by atoms with Crippen LogP contribution in [-0.2, 0) is 0 Å². The van der Waals surface area contributed by atoms with E-state index in [1.165, 1.54) is 18.3 Å². The first kappa shape index (κ1) is 23.4. The summed E-state index contributed by atoms with van der Waals surface area (Å²) >= 11 is 0. The Kier molecular flexibility index (Phi) is 6.67. The smallest absolute Gasteiger partial charge is 0.271 e. The number of hydrogen-bond acceptors (Lipinski definition) is 4. The van der Waals surface area contributed by atoms with Gasteiger partial charge in [0, 0.05) is 28.9 Å². The molecule has 7 heteroatoms. The molecule has 37 heavy (non-hydrogen) atoms. The maximum atomic E-state index is 12.6. The number of hydrogen-bond donors (Lipinski definition) is 1. The summed E-state index contributed by atoms with van der Waals surface area (Å²) < 4.78 is 2.17. The van der Waals surface area contributed by atoms with Gasteiger partial charge < -0.3 is 4.57 Å². The van der Waals surface area contributed by atoms with Crippen molar-refractivity contribution in [3.8, 4) is 28.2 Å². The molecular weight excluding hydrogens is 464 g/mol. The summed E-state index contributed by atoms with van der Waals surface area (Å²) in [6.45, 7) is 0. The molecule has 1 heterocycles. The minimum Gasteiger partial charge on any atom is -0.309 e.